The van der Waals surface area contributed by atoms with Gasteiger partial charge in [-0.15, -0.1) is 0 Å². The zero-order chi connectivity index (χ0) is 18.1. The molecule has 3 rings (SSSR count). The van der Waals surface area contributed by atoms with E-state index in [2.05, 4.69) is 0 Å². The topological polar surface area (TPSA) is 96.4 Å². The molecule has 2 aliphatic heterocycles. The smallest absolute Gasteiger partial charge is 0.342 e. The van der Waals surface area contributed by atoms with Crippen molar-refractivity contribution in [1.29, 1.82) is 0 Å². The van der Waals surface area contributed by atoms with E-state index in [0.29, 0.717) is 12.8 Å². The molecule has 2 N–H and O–H groups in total. The fraction of sp³-hybridized carbons (Fsp3) is 0.444. The third-order valence-electron chi connectivity index (χ3n) is 4.36. The molecule has 0 aromatic heterocycles. The number of aromatic hydroxyl groups is 2. The highest BCUT2D eigenvalue weighted by molar-refractivity contribution is 6.33. The zero-order valence-corrected chi connectivity index (χ0v) is 14.5. The summed E-state index contributed by atoms with van der Waals surface area (Å²) in [6.07, 6.45) is 4.74. The highest BCUT2D eigenvalue weighted by Crippen LogP contribution is 2.38. The third-order valence-corrected chi connectivity index (χ3v) is 4.78. The van der Waals surface area contributed by atoms with Gasteiger partial charge >= 0.3 is 5.97 Å². The molecule has 2 heterocycles. The standard InChI is InChI=1S/C18H19ClO6/c1-9-6-15-14(25-15)5-3-2-4-10(20)7-11-16(18(23)24-9)12(21)8-13(22)17(11)19/h2,4,8-9,14-15,21-22H,3,5-7H2,1H3/t9-,14?,15?/m0/s1. The number of fused-ring (bicyclic) bond motifs is 2. The second kappa shape index (κ2) is 7.06. The molecule has 2 unspecified atom stereocenters. The maximum absolute atomic E-state index is 12.5. The normalized spacial score (nSPS) is 27.0. The van der Waals surface area contributed by atoms with Crippen molar-refractivity contribution < 1.29 is 29.3 Å². The van der Waals surface area contributed by atoms with E-state index < -0.39 is 23.6 Å². The summed E-state index contributed by atoms with van der Waals surface area (Å²) in [6, 6.07) is 0.969. The van der Waals surface area contributed by atoms with Crippen molar-refractivity contribution in [3.63, 3.8) is 0 Å². The number of cyclic esters (lactones) is 1. The molecular formula is C18H19ClO6. The molecule has 2 aliphatic rings. The average molecular weight is 367 g/mol. The monoisotopic (exact) mass is 366 g/mol. The van der Waals surface area contributed by atoms with Gasteiger partial charge in [0.05, 0.1) is 17.2 Å². The predicted octanol–water partition coefficient (Wildman–Crippen LogP) is 2.92. The van der Waals surface area contributed by atoms with Gasteiger partial charge in [0.2, 0.25) is 0 Å². The van der Waals surface area contributed by atoms with Gasteiger partial charge in [0.15, 0.2) is 5.78 Å². The van der Waals surface area contributed by atoms with Crippen LogP contribution in [0.5, 0.6) is 11.5 Å². The van der Waals surface area contributed by atoms with Crippen molar-refractivity contribution in [1.82, 2.24) is 0 Å². The number of halogens is 1. The number of allylic oxidation sites excluding steroid dienone is 2. The number of carbonyl (C=O) groups excluding carboxylic acids is 2. The molecule has 1 fully saturated rings. The van der Waals surface area contributed by atoms with E-state index in [1.165, 1.54) is 6.08 Å². The Bertz CT molecular complexity index is 742. The van der Waals surface area contributed by atoms with Crippen molar-refractivity contribution in [3.05, 3.63) is 34.4 Å². The van der Waals surface area contributed by atoms with Gasteiger partial charge in [-0.1, -0.05) is 17.7 Å². The van der Waals surface area contributed by atoms with Crippen molar-refractivity contribution in [2.75, 3.05) is 0 Å². The summed E-state index contributed by atoms with van der Waals surface area (Å²) in [7, 11) is 0. The number of hydrogen-bond donors (Lipinski definition) is 2. The average Bonchev–Trinajstić information content (AvgIpc) is 3.25. The Morgan fingerprint density at radius 2 is 1.96 bits per heavy atom. The van der Waals surface area contributed by atoms with Crippen LogP contribution in [0, 0.1) is 0 Å². The van der Waals surface area contributed by atoms with Gasteiger partial charge in [0.1, 0.15) is 23.2 Å². The number of rotatable bonds is 0. The first-order chi connectivity index (χ1) is 11.9. The first-order valence-electron chi connectivity index (χ1n) is 8.16. The van der Waals surface area contributed by atoms with Crippen LogP contribution in [0.4, 0.5) is 0 Å². The molecule has 1 aromatic carbocycles. The Hall–Kier alpha value is -2.05. The Morgan fingerprint density at radius 3 is 2.72 bits per heavy atom. The van der Waals surface area contributed by atoms with Gasteiger partial charge in [-0.2, -0.15) is 0 Å². The van der Waals surface area contributed by atoms with Gasteiger partial charge in [0.25, 0.3) is 0 Å². The molecule has 1 aromatic rings. The number of hydrogen-bond acceptors (Lipinski definition) is 6. The minimum absolute atomic E-state index is 0.0336. The lowest BCUT2D eigenvalue weighted by atomic mass is 9.99. The molecule has 0 amide bonds. The summed E-state index contributed by atoms with van der Waals surface area (Å²) < 4.78 is 10.9. The van der Waals surface area contributed by atoms with Gasteiger partial charge in [0, 0.05) is 24.5 Å². The Labute approximate surface area is 150 Å². The van der Waals surface area contributed by atoms with Crippen LogP contribution in [0.15, 0.2) is 18.2 Å². The first-order valence-corrected chi connectivity index (χ1v) is 8.53. The van der Waals surface area contributed by atoms with E-state index in [4.69, 9.17) is 21.1 Å². The lowest BCUT2D eigenvalue weighted by Crippen LogP contribution is -2.20. The second-order valence-corrected chi connectivity index (χ2v) is 6.75. The van der Waals surface area contributed by atoms with Crippen LogP contribution in [0.25, 0.3) is 0 Å². The molecule has 1 saturated heterocycles. The molecule has 134 valence electrons. The van der Waals surface area contributed by atoms with Crippen LogP contribution < -0.4 is 0 Å². The summed E-state index contributed by atoms with van der Waals surface area (Å²) in [5.41, 5.74) is -0.134. The number of carbonyl (C=O) groups is 2. The molecule has 0 spiro atoms. The minimum Gasteiger partial charge on any atom is -0.507 e. The van der Waals surface area contributed by atoms with Crippen LogP contribution >= 0.6 is 11.6 Å². The summed E-state index contributed by atoms with van der Waals surface area (Å²) in [5, 5.41) is 19.8. The van der Waals surface area contributed by atoms with Crippen molar-refractivity contribution in [2.24, 2.45) is 0 Å². The van der Waals surface area contributed by atoms with Crippen LogP contribution in [0.1, 0.15) is 42.1 Å². The van der Waals surface area contributed by atoms with Gasteiger partial charge in [-0.05, 0) is 25.8 Å². The summed E-state index contributed by atoms with van der Waals surface area (Å²) in [6.45, 7) is 1.74. The van der Waals surface area contributed by atoms with Crippen LogP contribution in [0.3, 0.4) is 0 Å². The van der Waals surface area contributed by atoms with Gasteiger partial charge in [-0.25, -0.2) is 4.79 Å². The molecule has 6 nitrogen and oxygen atoms in total. The largest absolute Gasteiger partial charge is 0.507 e. The summed E-state index contributed by atoms with van der Waals surface area (Å²) in [4.78, 5) is 24.7. The summed E-state index contributed by atoms with van der Waals surface area (Å²) >= 11 is 6.07. The second-order valence-electron chi connectivity index (χ2n) is 6.37. The number of ether oxygens (including phenoxy) is 2. The van der Waals surface area contributed by atoms with Gasteiger partial charge in [-0.3, -0.25) is 4.79 Å². The van der Waals surface area contributed by atoms with Gasteiger partial charge < -0.3 is 19.7 Å². The maximum atomic E-state index is 12.5. The molecule has 0 aliphatic carbocycles. The molecular weight excluding hydrogens is 348 g/mol. The molecule has 0 saturated carbocycles. The minimum atomic E-state index is -0.784. The predicted molar refractivity (Wildman–Crippen MR) is 90.0 cm³/mol. The number of phenolic OH excluding ortho intramolecular Hbond substituents is 2. The van der Waals surface area contributed by atoms with Crippen LogP contribution in [-0.2, 0) is 20.7 Å². The van der Waals surface area contributed by atoms with E-state index in [0.717, 1.165) is 12.5 Å². The molecule has 25 heavy (non-hydrogen) atoms. The van der Waals surface area contributed by atoms with E-state index in [1.807, 2.05) is 0 Å². The third kappa shape index (κ3) is 3.96. The maximum Gasteiger partial charge on any atom is 0.342 e. The summed E-state index contributed by atoms with van der Waals surface area (Å²) in [5.74, 6) is -1.95. The number of phenols is 2. The number of esters is 1. The highest BCUT2D eigenvalue weighted by Gasteiger charge is 2.39. The Morgan fingerprint density at radius 1 is 1.20 bits per heavy atom. The fourth-order valence-corrected chi connectivity index (χ4v) is 3.26. The van der Waals surface area contributed by atoms with Crippen molar-refractivity contribution in [3.8, 4) is 11.5 Å². The SMILES string of the molecule is C[C@H]1CC2OC2CCC=CC(=O)Cc2c(Cl)c(O)cc(O)c2C(=O)O1. The lowest BCUT2D eigenvalue weighted by molar-refractivity contribution is -0.114. The van der Waals surface area contributed by atoms with Crippen molar-refractivity contribution in [2.45, 2.75) is 50.9 Å². The molecule has 7 heteroatoms. The number of benzene rings is 1. The van der Waals surface area contributed by atoms with Crippen LogP contribution in [0.2, 0.25) is 5.02 Å². The van der Waals surface area contributed by atoms with Crippen molar-refractivity contribution >= 4 is 23.4 Å². The number of ketones is 1. The lowest BCUT2D eigenvalue weighted by Gasteiger charge is -2.16. The first kappa shape index (κ1) is 17.8. The van der Waals surface area contributed by atoms with Crippen LogP contribution in [-0.4, -0.2) is 40.3 Å². The Balaban J connectivity index is 1.98. The molecule has 3 atom stereocenters. The Kier molecular flexibility index (Phi) is 5.01. The quantitative estimate of drug-likeness (QED) is 0.541. The zero-order valence-electron chi connectivity index (χ0n) is 13.7. The highest BCUT2D eigenvalue weighted by atomic mass is 35.5. The molecule has 0 bridgehead atoms. The molecule has 0 radical (unpaired) electrons. The number of epoxide rings is 1. The van der Waals surface area contributed by atoms with E-state index >= 15 is 0 Å². The van der Waals surface area contributed by atoms with E-state index in [9.17, 15) is 19.8 Å². The van der Waals surface area contributed by atoms with E-state index in [-0.39, 0.29) is 40.6 Å². The van der Waals surface area contributed by atoms with E-state index in [1.54, 1.807) is 13.0 Å². The fourth-order valence-electron chi connectivity index (χ4n) is 3.04.